The fraction of sp³-hybridized carbons (Fsp3) is 0.550. The molecule has 1 saturated carbocycles. The smallest absolute Gasteiger partial charge is 0.261 e. The molecule has 4 rings (SSSR count). The van der Waals surface area contributed by atoms with Crippen molar-refractivity contribution < 1.29 is 22.8 Å². The van der Waals surface area contributed by atoms with Crippen LogP contribution < -0.4 is 5.32 Å². The molecular weight excluding hydrogens is 380 g/mol. The van der Waals surface area contributed by atoms with Gasteiger partial charge >= 0.3 is 0 Å². The van der Waals surface area contributed by atoms with Crippen LogP contribution >= 0.6 is 0 Å². The molecule has 0 aromatic heterocycles. The third kappa shape index (κ3) is 3.57. The van der Waals surface area contributed by atoms with E-state index in [-0.39, 0.29) is 53.6 Å². The Morgan fingerprint density at radius 3 is 2.29 bits per heavy atom. The number of hydrogen-bond donors (Lipinski definition) is 1. The number of benzene rings is 1. The van der Waals surface area contributed by atoms with Gasteiger partial charge in [-0.1, -0.05) is 25.0 Å². The van der Waals surface area contributed by atoms with Crippen molar-refractivity contribution in [1.29, 1.82) is 0 Å². The molecule has 150 valence electrons. The normalized spacial score (nSPS) is 29.0. The molecule has 1 aliphatic carbocycles. The molecule has 7 nitrogen and oxygen atoms in total. The first-order chi connectivity index (χ1) is 13.4. The van der Waals surface area contributed by atoms with E-state index in [0.29, 0.717) is 24.0 Å². The van der Waals surface area contributed by atoms with Gasteiger partial charge < -0.3 is 5.32 Å². The minimum Gasteiger partial charge on any atom is -0.352 e. The summed E-state index contributed by atoms with van der Waals surface area (Å²) in [4.78, 5) is 39.4. The lowest BCUT2D eigenvalue weighted by Gasteiger charge is -2.33. The molecule has 0 radical (unpaired) electrons. The maximum absolute atomic E-state index is 12.8. The van der Waals surface area contributed by atoms with E-state index in [0.717, 1.165) is 19.3 Å². The van der Waals surface area contributed by atoms with Crippen molar-refractivity contribution in [2.45, 2.75) is 38.1 Å². The van der Waals surface area contributed by atoms with Crippen LogP contribution in [-0.4, -0.2) is 55.1 Å². The van der Waals surface area contributed by atoms with Crippen LogP contribution in [-0.2, 0) is 14.6 Å². The standard InChI is InChI=1S/C20H24N2O5S/c23-18(21-14-9-10-28(26,27)12-14)15-6-2-1-5-13(15)11-22-19(24)16-7-3-4-8-17(16)20(22)25/h3-4,7-8,13-15H,1-2,5-6,9-12H2,(H,21,23). The number of nitrogens with zero attached hydrogens (tertiary/aromatic N) is 1. The summed E-state index contributed by atoms with van der Waals surface area (Å²) in [6, 6.07) is 6.45. The van der Waals surface area contributed by atoms with E-state index >= 15 is 0 Å². The molecule has 2 aliphatic heterocycles. The van der Waals surface area contributed by atoms with Gasteiger partial charge in [0.25, 0.3) is 11.8 Å². The molecule has 0 spiro atoms. The maximum Gasteiger partial charge on any atom is 0.261 e. The largest absolute Gasteiger partial charge is 0.352 e. The summed E-state index contributed by atoms with van der Waals surface area (Å²) in [5, 5.41) is 2.89. The van der Waals surface area contributed by atoms with Crippen molar-refractivity contribution in [1.82, 2.24) is 10.2 Å². The Kier molecular flexibility index (Phi) is 4.99. The van der Waals surface area contributed by atoms with Crippen LogP contribution in [0.2, 0.25) is 0 Å². The first-order valence-corrected chi connectivity index (χ1v) is 11.6. The molecule has 3 amide bonds. The lowest BCUT2D eigenvalue weighted by Crippen LogP contribution is -2.46. The number of fused-ring (bicyclic) bond motifs is 1. The molecule has 8 heteroatoms. The molecule has 1 aromatic carbocycles. The Morgan fingerprint density at radius 1 is 1.04 bits per heavy atom. The number of amides is 3. The highest BCUT2D eigenvalue weighted by atomic mass is 32.2. The molecule has 28 heavy (non-hydrogen) atoms. The van der Waals surface area contributed by atoms with E-state index in [1.165, 1.54) is 4.90 Å². The van der Waals surface area contributed by atoms with Crippen LogP contribution in [0.15, 0.2) is 24.3 Å². The van der Waals surface area contributed by atoms with Crippen LogP contribution in [0.1, 0.15) is 52.8 Å². The number of rotatable bonds is 4. The molecular formula is C20H24N2O5S. The maximum atomic E-state index is 12.8. The van der Waals surface area contributed by atoms with E-state index in [9.17, 15) is 22.8 Å². The Labute approximate surface area is 164 Å². The monoisotopic (exact) mass is 404 g/mol. The molecule has 2 heterocycles. The van der Waals surface area contributed by atoms with Gasteiger partial charge in [-0.05, 0) is 37.3 Å². The van der Waals surface area contributed by atoms with Crippen molar-refractivity contribution in [2.75, 3.05) is 18.1 Å². The predicted molar refractivity (Wildman–Crippen MR) is 102 cm³/mol. The summed E-state index contributed by atoms with van der Waals surface area (Å²) in [5.41, 5.74) is 0.834. The highest BCUT2D eigenvalue weighted by molar-refractivity contribution is 7.91. The number of sulfone groups is 1. The lowest BCUT2D eigenvalue weighted by atomic mass is 9.78. The number of carbonyl (C=O) groups excluding carboxylic acids is 3. The van der Waals surface area contributed by atoms with Crippen LogP contribution in [0, 0.1) is 11.8 Å². The molecule has 2 fully saturated rings. The van der Waals surface area contributed by atoms with Crippen molar-refractivity contribution in [3.63, 3.8) is 0 Å². The topological polar surface area (TPSA) is 101 Å². The van der Waals surface area contributed by atoms with E-state index < -0.39 is 9.84 Å². The fourth-order valence-corrected chi connectivity index (χ4v) is 6.30. The summed E-state index contributed by atoms with van der Waals surface area (Å²) in [6.45, 7) is 0.230. The summed E-state index contributed by atoms with van der Waals surface area (Å²) in [6.07, 6.45) is 3.78. The Balaban J connectivity index is 1.45. The van der Waals surface area contributed by atoms with Gasteiger partial charge in [0.05, 0.1) is 22.6 Å². The zero-order valence-electron chi connectivity index (χ0n) is 15.6. The van der Waals surface area contributed by atoms with Gasteiger partial charge in [0.15, 0.2) is 9.84 Å². The van der Waals surface area contributed by atoms with Crippen molar-refractivity contribution in [2.24, 2.45) is 11.8 Å². The van der Waals surface area contributed by atoms with Crippen LogP contribution in [0.5, 0.6) is 0 Å². The zero-order valence-corrected chi connectivity index (χ0v) is 16.4. The van der Waals surface area contributed by atoms with Crippen LogP contribution in [0.25, 0.3) is 0 Å². The SMILES string of the molecule is O=C(NC1CCS(=O)(=O)C1)C1CCCCC1CN1C(=O)c2ccccc2C1=O. The van der Waals surface area contributed by atoms with Crippen molar-refractivity contribution >= 4 is 27.6 Å². The molecule has 3 atom stereocenters. The molecule has 1 saturated heterocycles. The number of imide groups is 1. The second-order valence-electron chi connectivity index (χ2n) is 8.03. The second-order valence-corrected chi connectivity index (χ2v) is 10.3. The zero-order chi connectivity index (χ0) is 19.9. The molecule has 0 bridgehead atoms. The quantitative estimate of drug-likeness (QED) is 0.765. The predicted octanol–water partition coefficient (Wildman–Crippen LogP) is 1.39. The van der Waals surface area contributed by atoms with E-state index in [1.807, 2.05) is 0 Å². The minimum atomic E-state index is -3.06. The van der Waals surface area contributed by atoms with Gasteiger partial charge in [0.1, 0.15) is 0 Å². The van der Waals surface area contributed by atoms with Crippen molar-refractivity contribution in [3.05, 3.63) is 35.4 Å². The summed E-state index contributed by atoms with van der Waals surface area (Å²) >= 11 is 0. The van der Waals surface area contributed by atoms with Gasteiger partial charge in [-0.3, -0.25) is 19.3 Å². The first kappa shape index (κ1) is 19.1. The average Bonchev–Trinajstić information content (AvgIpc) is 3.14. The third-order valence-electron chi connectivity index (χ3n) is 6.12. The third-order valence-corrected chi connectivity index (χ3v) is 7.89. The average molecular weight is 404 g/mol. The number of nitrogens with one attached hydrogen (secondary N) is 1. The first-order valence-electron chi connectivity index (χ1n) is 9.82. The molecule has 1 aromatic rings. The lowest BCUT2D eigenvalue weighted by molar-refractivity contribution is -0.128. The van der Waals surface area contributed by atoms with Gasteiger partial charge in [0.2, 0.25) is 5.91 Å². The van der Waals surface area contributed by atoms with E-state index in [1.54, 1.807) is 24.3 Å². The number of hydrogen-bond acceptors (Lipinski definition) is 5. The summed E-state index contributed by atoms with van der Waals surface area (Å²) in [5.74, 6) is -1.05. The summed E-state index contributed by atoms with van der Waals surface area (Å²) in [7, 11) is -3.06. The summed E-state index contributed by atoms with van der Waals surface area (Å²) < 4.78 is 23.3. The van der Waals surface area contributed by atoms with Crippen molar-refractivity contribution in [3.8, 4) is 0 Å². The Morgan fingerprint density at radius 2 is 1.68 bits per heavy atom. The van der Waals surface area contributed by atoms with Gasteiger partial charge in [-0.2, -0.15) is 0 Å². The van der Waals surface area contributed by atoms with Gasteiger partial charge in [-0.25, -0.2) is 8.42 Å². The minimum absolute atomic E-state index is 0.00542. The van der Waals surface area contributed by atoms with Crippen LogP contribution in [0.3, 0.4) is 0 Å². The second kappa shape index (κ2) is 7.31. The van der Waals surface area contributed by atoms with Gasteiger partial charge in [0, 0.05) is 18.5 Å². The molecule has 3 unspecified atom stereocenters. The molecule has 1 N–H and O–H groups in total. The highest BCUT2D eigenvalue weighted by Gasteiger charge is 2.40. The number of carbonyl (C=O) groups is 3. The van der Waals surface area contributed by atoms with E-state index in [2.05, 4.69) is 5.32 Å². The highest BCUT2D eigenvalue weighted by Crippen LogP contribution is 2.33. The van der Waals surface area contributed by atoms with Crippen LogP contribution in [0.4, 0.5) is 0 Å². The van der Waals surface area contributed by atoms with E-state index in [4.69, 9.17) is 0 Å². The Bertz CT molecular complexity index is 891. The molecule has 3 aliphatic rings. The Hall–Kier alpha value is -2.22. The van der Waals surface area contributed by atoms with Gasteiger partial charge in [-0.15, -0.1) is 0 Å². The fourth-order valence-electron chi connectivity index (χ4n) is 4.63.